The van der Waals surface area contributed by atoms with Gasteiger partial charge in [-0.1, -0.05) is 76.3 Å². The van der Waals surface area contributed by atoms with Crippen molar-refractivity contribution in [1.29, 1.82) is 0 Å². The first kappa shape index (κ1) is 49.5. The van der Waals surface area contributed by atoms with Crippen molar-refractivity contribution in [1.82, 2.24) is 29.9 Å². The molecule has 0 aliphatic carbocycles. The number of nitrogens with zero attached hydrogens (tertiary/aromatic N) is 6. The number of aliphatic hydroxyl groups excluding tert-OH is 2. The first-order chi connectivity index (χ1) is 25.3. The number of aryl methyl sites for hydroxylation is 1. The second kappa shape index (κ2) is 22.9. The van der Waals surface area contributed by atoms with Crippen LogP contribution in [-0.4, -0.2) is 77.4 Å². The van der Waals surface area contributed by atoms with Gasteiger partial charge >= 0.3 is 0 Å². The number of fused-ring (bicyclic) bond motifs is 2. The zero-order valence-corrected chi connectivity index (χ0v) is 33.6. The minimum absolute atomic E-state index is 0. The second-order valence-electron chi connectivity index (χ2n) is 12.8. The van der Waals surface area contributed by atoms with E-state index in [1.165, 1.54) is 24.3 Å². The lowest BCUT2D eigenvalue weighted by molar-refractivity contribution is 0.198. The average Bonchev–Trinajstić information content (AvgIpc) is 3.10. The van der Waals surface area contributed by atoms with Crippen molar-refractivity contribution < 1.29 is 32.0 Å². The van der Waals surface area contributed by atoms with Crippen molar-refractivity contribution in [2.24, 2.45) is 5.73 Å². The van der Waals surface area contributed by atoms with Gasteiger partial charge in [-0.25, -0.2) is 33.7 Å². The minimum Gasteiger partial charge on any atom is -0.394 e. The molecule has 6 N–H and O–H groups in total. The van der Waals surface area contributed by atoms with Crippen molar-refractivity contribution in [2.45, 2.75) is 96.5 Å². The summed E-state index contributed by atoms with van der Waals surface area (Å²) < 4.78 is 55.5. The molecular formula is C36H49Cl3F2N8O5S. The predicted octanol–water partition coefficient (Wildman–Crippen LogP) is 8.41. The van der Waals surface area contributed by atoms with E-state index in [0.29, 0.717) is 27.9 Å². The maximum Gasteiger partial charge on any atom is 0.294 e. The number of halogens is 5. The molecule has 19 heteroatoms. The monoisotopic (exact) mass is 848 g/mol. The molecule has 4 heterocycles. The maximum atomic E-state index is 13.2. The molecule has 0 amide bonds. The number of aromatic nitrogens is 6. The van der Waals surface area contributed by atoms with Crippen LogP contribution in [0.25, 0.3) is 22.1 Å². The molecule has 0 unspecified atom stereocenters. The van der Waals surface area contributed by atoms with Gasteiger partial charge in [0.15, 0.2) is 11.0 Å². The Balaban J connectivity index is 0.000000386. The van der Waals surface area contributed by atoms with E-state index in [1.54, 1.807) is 12.1 Å². The normalized spacial score (nSPS) is 13.1. The number of nitrogens with two attached hydrogens (primary N) is 1. The molecule has 55 heavy (non-hydrogen) atoms. The number of rotatable bonds is 11. The molecule has 0 spiro atoms. The van der Waals surface area contributed by atoms with Crippen LogP contribution in [0, 0.1) is 18.6 Å². The van der Waals surface area contributed by atoms with Gasteiger partial charge < -0.3 is 21.3 Å². The molecule has 5 rings (SSSR count). The van der Waals surface area contributed by atoms with Gasteiger partial charge in [-0.05, 0) is 68.9 Å². The Morgan fingerprint density at radius 2 is 1.29 bits per heavy atom. The van der Waals surface area contributed by atoms with E-state index in [9.17, 15) is 22.3 Å². The van der Waals surface area contributed by atoms with Crippen LogP contribution in [0.3, 0.4) is 0 Å². The SMILES string of the molecule is C.CCCC[C@@](C)(N)CO.CCCC[C@](C)(CO)Nc1nc(Cl)nc2cc(F)cnc12.Cc1ccc(S(=O)(=O)O)cc1.Fc1cnc2c(Cl)nc(Cl)nc2c1. The number of hydrogen-bond donors (Lipinski definition) is 5. The lowest BCUT2D eigenvalue weighted by Crippen LogP contribution is -2.39. The van der Waals surface area contributed by atoms with Gasteiger partial charge in [0.05, 0.1) is 47.1 Å². The molecule has 1 aromatic carbocycles. The maximum absolute atomic E-state index is 13.2. The fourth-order valence-electron chi connectivity index (χ4n) is 4.39. The van der Waals surface area contributed by atoms with Crippen LogP contribution in [0.5, 0.6) is 0 Å². The van der Waals surface area contributed by atoms with Crippen molar-refractivity contribution >= 4 is 72.8 Å². The molecule has 4 aromatic heterocycles. The summed E-state index contributed by atoms with van der Waals surface area (Å²) in [5, 5.41) is 21.6. The Labute approximate surface area is 335 Å². The lowest BCUT2D eigenvalue weighted by Gasteiger charge is -2.29. The zero-order chi connectivity index (χ0) is 40.7. The number of nitrogens with one attached hydrogen (secondary N) is 1. The predicted molar refractivity (Wildman–Crippen MR) is 215 cm³/mol. The third kappa shape index (κ3) is 17.0. The molecule has 0 aliphatic heterocycles. The van der Waals surface area contributed by atoms with Gasteiger partial charge in [-0.15, -0.1) is 0 Å². The van der Waals surface area contributed by atoms with Gasteiger partial charge in [0, 0.05) is 17.7 Å². The number of benzene rings is 1. The topological polar surface area (TPSA) is 210 Å². The van der Waals surface area contributed by atoms with Crippen LogP contribution >= 0.6 is 34.8 Å². The Hall–Kier alpha value is -3.48. The van der Waals surface area contributed by atoms with Crippen LogP contribution in [0.1, 0.15) is 79.2 Å². The Bertz CT molecular complexity index is 2060. The molecule has 0 saturated carbocycles. The van der Waals surface area contributed by atoms with Gasteiger partial charge in [-0.2, -0.15) is 13.4 Å². The van der Waals surface area contributed by atoms with E-state index in [-0.39, 0.29) is 46.8 Å². The number of hydrogen-bond acceptors (Lipinski definition) is 12. The standard InChI is InChI=1S/C14H18ClFN4O.C7H2Cl2FN3.C7H17NO.C7H8O3S.CH4/c1-3-4-5-14(2,8-21)20-12-11-10(18-13(15)19-12)6-9(16)7-17-11;8-6-5-4(12-7(9)13-6)1-3(10)2-11-5;1-3-4-5-7(2,8)6-9;1-6-2-4-7(5-3-6)11(8,9)10;/h6-7,21H,3-5,8H2,1-2H3,(H,18,19,20);1-2H;9H,3-6,8H2,1-2H3;2-5H,1H3,(H,8,9,10);1H4/t14-;;7-;;/m1.1../s1. The van der Waals surface area contributed by atoms with Crippen LogP contribution in [-0.2, 0) is 10.1 Å². The zero-order valence-electron chi connectivity index (χ0n) is 30.5. The number of unbranched alkanes of at least 4 members (excludes halogenated alkanes) is 2. The third-order valence-corrected chi connectivity index (χ3v) is 9.01. The number of aliphatic hydroxyl groups is 2. The third-order valence-electron chi connectivity index (χ3n) is 7.54. The number of pyridine rings is 2. The molecule has 13 nitrogen and oxygen atoms in total. The summed E-state index contributed by atoms with van der Waals surface area (Å²) in [5.41, 5.74) is 7.10. The number of anilines is 1. The smallest absolute Gasteiger partial charge is 0.294 e. The molecule has 0 saturated heterocycles. The van der Waals surface area contributed by atoms with Crippen LogP contribution in [0.2, 0.25) is 15.7 Å². The summed E-state index contributed by atoms with van der Waals surface area (Å²) in [4.78, 5) is 23.2. The second-order valence-corrected chi connectivity index (χ2v) is 15.3. The van der Waals surface area contributed by atoms with Gasteiger partial charge in [0.2, 0.25) is 10.6 Å². The molecule has 304 valence electrons. The molecule has 2 atom stereocenters. The Morgan fingerprint density at radius 3 is 1.78 bits per heavy atom. The Kier molecular flexibility index (Phi) is 20.6. The van der Waals surface area contributed by atoms with E-state index in [1.807, 2.05) is 20.8 Å². The summed E-state index contributed by atoms with van der Waals surface area (Å²) in [6.07, 6.45) is 8.07. The summed E-state index contributed by atoms with van der Waals surface area (Å²) >= 11 is 17.1. The van der Waals surface area contributed by atoms with Crippen molar-refractivity contribution in [3.63, 3.8) is 0 Å². The van der Waals surface area contributed by atoms with E-state index < -0.39 is 27.3 Å². The van der Waals surface area contributed by atoms with Crippen LogP contribution < -0.4 is 11.1 Å². The fraction of sp³-hybridized carbons (Fsp3) is 0.444. The van der Waals surface area contributed by atoms with E-state index in [4.69, 9.17) is 50.2 Å². The molecule has 0 aliphatic rings. The highest BCUT2D eigenvalue weighted by atomic mass is 35.5. The first-order valence-electron chi connectivity index (χ1n) is 16.7. The van der Waals surface area contributed by atoms with E-state index in [2.05, 4.69) is 49.1 Å². The lowest BCUT2D eigenvalue weighted by atomic mass is 9.96. The van der Waals surface area contributed by atoms with Crippen molar-refractivity contribution in [3.05, 3.63) is 81.7 Å². The van der Waals surface area contributed by atoms with Gasteiger partial charge in [0.25, 0.3) is 10.1 Å². The quantitative estimate of drug-likeness (QED) is 0.0481. The molecule has 5 aromatic rings. The molecular weight excluding hydrogens is 801 g/mol. The summed E-state index contributed by atoms with van der Waals surface area (Å²) in [6.45, 7) is 9.85. The van der Waals surface area contributed by atoms with E-state index >= 15 is 0 Å². The van der Waals surface area contributed by atoms with Gasteiger partial charge in [-0.3, -0.25) is 4.55 Å². The van der Waals surface area contributed by atoms with Crippen LogP contribution in [0.4, 0.5) is 14.6 Å². The summed E-state index contributed by atoms with van der Waals surface area (Å²) in [5.74, 6) is -0.574. The highest BCUT2D eigenvalue weighted by Gasteiger charge is 2.25. The molecule has 0 radical (unpaired) electrons. The van der Waals surface area contributed by atoms with E-state index in [0.717, 1.165) is 56.5 Å². The van der Waals surface area contributed by atoms with Crippen molar-refractivity contribution in [3.8, 4) is 0 Å². The highest BCUT2D eigenvalue weighted by Crippen LogP contribution is 2.26. The van der Waals surface area contributed by atoms with Gasteiger partial charge in [0.1, 0.15) is 22.7 Å². The highest BCUT2D eigenvalue weighted by molar-refractivity contribution is 7.85. The first-order valence-corrected chi connectivity index (χ1v) is 19.3. The average molecular weight is 850 g/mol. The molecule has 0 bridgehead atoms. The Morgan fingerprint density at radius 1 is 0.800 bits per heavy atom. The van der Waals surface area contributed by atoms with Crippen LogP contribution in [0.15, 0.2) is 53.7 Å². The summed E-state index contributed by atoms with van der Waals surface area (Å²) in [6, 6.07) is 8.44. The minimum atomic E-state index is -4.02. The largest absolute Gasteiger partial charge is 0.394 e. The van der Waals surface area contributed by atoms with Crippen molar-refractivity contribution in [2.75, 3.05) is 18.5 Å². The molecule has 0 fully saturated rings. The summed E-state index contributed by atoms with van der Waals surface area (Å²) in [7, 11) is -4.02. The fourth-order valence-corrected chi connectivity index (χ4v) is 5.49.